The molecule has 3 rings (SSSR count). The summed E-state index contributed by atoms with van der Waals surface area (Å²) in [5.74, 6) is 0.563. The highest BCUT2D eigenvalue weighted by Crippen LogP contribution is 2.19. The largest absolute Gasteiger partial charge is 0.295 e. The van der Waals surface area contributed by atoms with Crippen molar-refractivity contribution in [2.75, 3.05) is 0 Å². The monoisotopic (exact) mass is 275 g/mol. The zero-order chi connectivity index (χ0) is 15.0. The summed E-state index contributed by atoms with van der Waals surface area (Å²) < 4.78 is 1.53. The molecule has 0 bridgehead atoms. The molecule has 1 heterocycles. The van der Waals surface area contributed by atoms with Crippen molar-refractivity contribution in [1.29, 1.82) is 5.26 Å². The van der Waals surface area contributed by atoms with Crippen molar-refractivity contribution in [2.24, 2.45) is 7.05 Å². The number of benzene rings is 2. The van der Waals surface area contributed by atoms with Crippen molar-refractivity contribution in [3.05, 3.63) is 63.9 Å². The van der Waals surface area contributed by atoms with E-state index in [1.165, 1.54) is 4.57 Å². The van der Waals surface area contributed by atoms with Crippen molar-refractivity contribution in [3.63, 3.8) is 0 Å². The van der Waals surface area contributed by atoms with Gasteiger partial charge in [0.25, 0.3) is 5.56 Å². The van der Waals surface area contributed by atoms with Crippen molar-refractivity contribution >= 4 is 10.9 Å². The molecule has 0 fully saturated rings. The minimum atomic E-state index is -0.0824. The second-order valence-corrected chi connectivity index (χ2v) is 5.01. The molecule has 0 saturated heterocycles. The molecule has 3 aromatic rings. The van der Waals surface area contributed by atoms with Gasteiger partial charge in [0.15, 0.2) is 0 Å². The summed E-state index contributed by atoms with van der Waals surface area (Å²) in [5.41, 5.74) is 2.92. The van der Waals surface area contributed by atoms with E-state index < -0.39 is 0 Å². The molecule has 0 saturated carbocycles. The standard InChI is InChI=1S/C17H13N3O/c1-11-6-7-15-14(8-11)17(21)20(2)16(19-15)13-5-3-4-12(9-13)10-18/h3-9H,1-2H3. The van der Waals surface area contributed by atoms with Crippen LogP contribution >= 0.6 is 0 Å². The molecule has 1 aromatic heterocycles. The van der Waals surface area contributed by atoms with Gasteiger partial charge in [0.05, 0.1) is 22.5 Å². The van der Waals surface area contributed by atoms with Crippen LogP contribution in [0.15, 0.2) is 47.3 Å². The average Bonchev–Trinajstić information content (AvgIpc) is 2.51. The molecule has 4 nitrogen and oxygen atoms in total. The van der Waals surface area contributed by atoms with Gasteiger partial charge in [-0.2, -0.15) is 5.26 Å². The van der Waals surface area contributed by atoms with Gasteiger partial charge < -0.3 is 0 Å². The summed E-state index contributed by atoms with van der Waals surface area (Å²) in [6.07, 6.45) is 0. The average molecular weight is 275 g/mol. The number of hydrogen-bond donors (Lipinski definition) is 0. The van der Waals surface area contributed by atoms with Crippen molar-refractivity contribution in [3.8, 4) is 17.5 Å². The molecule has 0 aliphatic rings. The first-order chi connectivity index (χ1) is 10.1. The van der Waals surface area contributed by atoms with Crippen LogP contribution in [0.4, 0.5) is 0 Å². The van der Waals surface area contributed by atoms with Crippen molar-refractivity contribution in [2.45, 2.75) is 6.92 Å². The Bertz CT molecular complexity index is 948. The Labute approximate surface area is 121 Å². The fourth-order valence-corrected chi connectivity index (χ4v) is 2.37. The molecule has 0 aliphatic heterocycles. The number of aryl methyl sites for hydroxylation is 1. The number of hydrogen-bond acceptors (Lipinski definition) is 3. The molecule has 0 unspecified atom stereocenters. The predicted octanol–water partition coefficient (Wildman–Crippen LogP) is 2.78. The lowest BCUT2D eigenvalue weighted by Gasteiger charge is -2.10. The molecule has 0 atom stereocenters. The van der Waals surface area contributed by atoms with Crippen LogP contribution < -0.4 is 5.56 Å². The van der Waals surface area contributed by atoms with E-state index in [1.807, 2.05) is 31.2 Å². The van der Waals surface area contributed by atoms with E-state index in [-0.39, 0.29) is 5.56 Å². The van der Waals surface area contributed by atoms with E-state index in [0.29, 0.717) is 22.3 Å². The predicted molar refractivity (Wildman–Crippen MR) is 81.9 cm³/mol. The molecular formula is C17H13N3O. The van der Waals surface area contributed by atoms with Crippen LogP contribution in [0.5, 0.6) is 0 Å². The van der Waals surface area contributed by atoms with E-state index in [0.717, 1.165) is 11.1 Å². The zero-order valence-electron chi connectivity index (χ0n) is 11.8. The number of aromatic nitrogens is 2. The number of nitrogens with zero attached hydrogens (tertiary/aromatic N) is 3. The van der Waals surface area contributed by atoms with Crippen LogP contribution in [0.1, 0.15) is 11.1 Å². The Balaban J connectivity index is 2.34. The van der Waals surface area contributed by atoms with Crippen LogP contribution in [0.3, 0.4) is 0 Å². The van der Waals surface area contributed by atoms with Crippen molar-refractivity contribution in [1.82, 2.24) is 9.55 Å². The lowest BCUT2D eigenvalue weighted by molar-refractivity contribution is 0.855. The van der Waals surface area contributed by atoms with Crippen molar-refractivity contribution < 1.29 is 0 Å². The lowest BCUT2D eigenvalue weighted by atomic mass is 10.1. The van der Waals surface area contributed by atoms with Gasteiger partial charge in [-0.3, -0.25) is 9.36 Å². The van der Waals surface area contributed by atoms with Gasteiger partial charge in [0.1, 0.15) is 5.82 Å². The first-order valence-electron chi connectivity index (χ1n) is 6.58. The molecule has 0 amide bonds. The highest BCUT2D eigenvalue weighted by atomic mass is 16.1. The first-order valence-corrected chi connectivity index (χ1v) is 6.58. The maximum absolute atomic E-state index is 12.5. The van der Waals surface area contributed by atoms with Gasteiger partial charge >= 0.3 is 0 Å². The topological polar surface area (TPSA) is 58.7 Å². The molecule has 102 valence electrons. The van der Waals surface area contributed by atoms with E-state index in [1.54, 1.807) is 25.2 Å². The van der Waals surface area contributed by atoms with Gasteiger partial charge in [-0.1, -0.05) is 23.8 Å². The zero-order valence-corrected chi connectivity index (χ0v) is 11.8. The molecule has 0 N–H and O–H groups in total. The number of nitriles is 1. The molecule has 21 heavy (non-hydrogen) atoms. The maximum Gasteiger partial charge on any atom is 0.261 e. The van der Waals surface area contributed by atoms with Gasteiger partial charge in [-0.15, -0.1) is 0 Å². The van der Waals surface area contributed by atoms with E-state index in [2.05, 4.69) is 11.1 Å². The summed E-state index contributed by atoms with van der Waals surface area (Å²) in [6, 6.07) is 14.8. The third-order valence-corrected chi connectivity index (χ3v) is 3.48. The van der Waals surface area contributed by atoms with Crippen LogP contribution in [0, 0.1) is 18.3 Å². The van der Waals surface area contributed by atoms with Crippen LogP contribution in [0.2, 0.25) is 0 Å². The van der Waals surface area contributed by atoms with Gasteiger partial charge in [0, 0.05) is 12.6 Å². The molecule has 0 radical (unpaired) electrons. The van der Waals surface area contributed by atoms with E-state index >= 15 is 0 Å². The summed E-state index contributed by atoms with van der Waals surface area (Å²) in [5, 5.41) is 9.61. The maximum atomic E-state index is 12.5. The summed E-state index contributed by atoms with van der Waals surface area (Å²) >= 11 is 0. The minimum absolute atomic E-state index is 0.0824. The summed E-state index contributed by atoms with van der Waals surface area (Å²) in [6.45, 7) is 1.95. The smallest absolute Gasteiger partial charge is 0.261 e. The Hall–Kier alpha value is -2.93. The number of rotatable bonds is 1. The highest BCUT2D eigenvalue weighted by molar-refractivity contribution is 5.80. The third-order valence-electron chi connectivity index (χ3n) is 3.48. The molecule has 0 aliphatic carbocycles. The van der Waals surface area contributed by atoms with Crippen LogP contribution in [0.25, 0.3) is 22.3 Å². The van der Waals surface area contributed by atoms with E-state index in [4.69, 9.17) is 5.26 Å². The summed E-state index contributed by atoms with van der Waals surface area (Å²) in [7, 11) is 1.70. The van der Waals surface area contributed by atoms with E-state index in [9.17, 15) is 4.79 Å². The minimum Gasteiger partial charge on any atom is -0.295 e. The molecule has 4 heteroatoms. The Kier molecular flexibility index (Phi) is 3.03. The molecule has 2 aromatic carbocycles. The number of fused-ring (bicyclic) bond motifs is 1. The second kappa shape index (κ2) is 4.88. The fourth-order valence-electron chi connectivity index (χ4n) is 2.37. The van der Waals surface area contributed by atoms with Gasteiger partial charge in [-0.05, 0) is 31.2 Å². The third kappa shape index (κ3) is 2.19. The van der Waals surface area contributed by atoms with Gasteiger partial charge in [-0.25, -0.2) is 4.98 Å². The SMILES string of the molecule is Cc1ccc2nc(-c3cccc(C#N)c3)n(C)c(=O)c2c1. The lowest BCUT2D eigenvalue weighted by Crippen LogP contribution is -2.20. The Morgan fingerprint density at radius 1 is 1.19 bits per heavy atom. The quantitative estimate of drug-likeness (QED) is 0.686. The summed E-state index contributed by atoms with van der Waals surface area (Å²) in [4.78, 5) is 17.1. The normalized spacial score (nSPS) is 10.5. The Morgan fingerprint density at radius 3 is 2.76 bits per heavy atom. The Morgan fingerprint density at radius 2 is 2.00 bits per heavy atom. The highest BCUT2D eigenvalue weighted by Gasteiger charge is 2.10. The van der Waals surface area contributed by atoms with Crippen LogP contribution in [-0.2, 0) is 7.05 Å². The molecule has 0 spiro atoms. The van der Waals surface area contributed by atoms with Crippen LogP contribution in [-0.4, -0.2) is 9.55 Å². The first kappa shape index (κ1) is 13.1. The fraction of sp³-hybridized carbons (Fsp3) is 0.118. The second-order valence-electron chi connectivity index (χ2n) is 5.01. The molecular weight excluding hydrogens is 262 g/mol. The van der Waals surface area contributed by atoms with Gasteiger partial charge in [0.2, 0.25) is 0 Å².